The van der Waals surface area contributed by atoms with Crippen LogP contribution >= 0.6 is 0 Å². The van der Waals surface area contributed by atoms with Gasteiger partial charge < -0.3 is 5.11 Å². The summed E-state index contributed by atoms with van der Waals surface area (Å²) in [5.41, 5.74) is 3.17. The predicted octanol–water partition coefficient (Wildman–Crippen LogP) is 2.10. The van der Waals surface area contributed by atoms with Gasteiger partial charge in [0.25, 0.3) is 0 Å². The van der Waals surface area contributed by atoms with E-state index in [1.165, 1.54) is 0 Å². The van der Waals surface area contributed by atoms with Gasteiger partial charge in [0.05, 0.1) is 18.6 Å². The molecule has 1 atom stereocenters. The molecule has 1 saturated carbocycles. The molecule has 1 aromatic rings. The Labute approximate surface area is 107 Å². The van der Waals surface area contributed by atoms with Crippen molar-refractivity contribution in [2.24, 2.45) is 0 Å². The number of hydrogen-bond donors (Lipinski definition) is 2. The smallest absolute Gasteiger partial charge is 0.246 e. The molecule has 1 fully saturated rings. The number of rotatable bonds is 5. The molecule has 0 bridgehead atoms. The molecular weight excluding hydrogens is 230 g/mol. The lowest BCUT2D eigenvalue weighted by atomic mass is 10.1. The zero-order chi connectivity index (χ0) is 12.8. The number of aliphatic hydroxyl groups is 1. The number of nitrogens with one attached hydrogen (secondary N) is 1. The van der Waals surface area contributed by atoms with Gasteiger partial charge in [-0.1, -0.05) is 43.2 Å². The van der Waals surface area contributed by atoms with Crippen molar-refractivity contribution in [1.82, 2.24) is 5.48 Å². The Morgan fingerprint density at radius 3 is 2.67 bits per heavy atom. The molecule has 1 aliphatic carbocycles. The van der Waals surface area contributed by atoms with E-state index in [1.54, 1.807) is 12.1 Å². The van der Waals surface area contributed by atoms with Crippen molar-refractivity contribution in [3.63, 3.8) is 0 Å². The van der Waals surface area contributed by atoms with Gasteiger partial charge in [-0.25, -0.2) is 5.48 Å². The first-order valence-electron chi connectivity index (χ1n) is 6.43. The van der Waals surface area contributed by atoms with Crippen LogP contribution in [0, 0.1) is 0 Å². The van der Waals surface area contributed by atoms with Gasteiger partial charge in [-0.15, -0.1) is 0 Å². The highest BCUT2D eigenvalue weighted by atomic mass is 16.7. The third kappa shape index (κ3) is 3.82. The van der Waals surface area contributed by atoms with Crippen LogP contribution in [-0.4, -0.2) is 17.1 Å². The van der Waals surface area contributed by atoms with Crippen molar-refractivity contribution in [3.8, 4) is 0 Å². The Balaban J connectivity index is 1.73. The van der Waals surface area contributed by atoms with Gasteiger partial charge in [-0.05, 0) is 18.4 Å². The Hall–Kier alpha value is -1.39. The minimum atomic E-state index is -0.779. The molecule has 0 aliphatic heterocycles. The van der Waals surface area contributed by atoms with Crippen molar-refractivity contribution in [1.29, 1.82) is 0 Å². The number of carbonyl (C=O) groups is 1. The molecule has 98 valence electrons. The lowest BCUT2D eigenvalue weighted by Gasteiger charge is -2.13. The van der Waals surface area contributed by atoms with Crippen molar-refractivity contribution in [3.05, 3.63) is 35.9 Å². The Morgan fingerprint density at radius 1 is 1.33 bits per heavy atom. The fourth-order valence-corrected chi connectivity index (χ4v) is 2.17. The van der Waals surface area contributed by atoms with Crippen molar-refractivity contribution >= 4 is 5.91 Å². The predicted molar refractivity (Wildman–Crippen MR) is 67.5 cm³/mol. The first-order chi connectivity index (χ1) is 8.75. The quantitative estimate of drug-likeness (QED) is 0.786. The molecule has 18 heavy (non-hydrogen) atoms. The molecule has 0 radical (unpaired) electrons. The van der Waals surface area contributed by atoms with E-state index in [2.05, 4.69) is 5.48 Å². The maximum absolute atomic E-state index is 11.6. The summed E-state index contributed by atoms with van der Waals surface area (Å²) in [6.07, 6.45) is 3.71. The standard InChI is InChI=1S/C14H19NO3/c16-13(11-6-2-1-3-7-11)10-14(17)15-18-12-8-4-5-9-12/h1-3,6-7,12-13,16H,4-5,8-10H2,(H,15,17). The number of aliphatic hydroxyl groups excluding tert-OH is 1. The summed E-state index contributed by atoms with van der Waals surface area (Å²) < 4.78 is 0. The van der Waals surface area contributed by atoms with E-state index in [9.17, 15) is 9.90 Å². The fraction of sp³-hybridized carbons (Fsp3) is 0.500. The first-order valence-corrected chi connectivity index (χ1v) is 6.43. The highest BCUT2D eigenvalue weighted by Crippen LogP contribution is 2.20. The van der Waals surface area contributed by atoms with Crippen LogP contribution in [0.1, 0.15) is 43.8 Å². The van der Waals surface area contributed by atoms with Gasteiger partial charge >= 0.3 is 0 Å². The summed E-state index contributed by atoms with van der Waals surface area (Å²) in [6.45, 7) is 0. The SMILES string of the molecule is O=C(CC(O)c1ccccc1)NOC1CCCC1. The van der Waals surface area contributed by atoms with Gasteiger partial charge in [0.15, 0.2) is 0 Å². The summed E-state index contributed by atoms with van der Waals surface area (Å²) in [7, 11) is 0. The zero-order valence-electron chi connectivity index (χ0n) is 10.3. The molecule has 1 unspecified atom stereocenters. The number of amides is 1. The van der Waals surface area contributed by atoms with E-state index >= 15 is 0 Å². The molecule has 4 nitrogen and oxygen atoms in total. The van der Waals surface area contributed by atoms with E-state index in [1.807, 2.05) is 18.2 Å². The number of hydroxylamine groups is 1. The molecule has 0 spiro atoms. The highest BCUT2D eigenvalue weighted by molar-refractivity contribution is 5.75. The van der Waals surface area contributed by atoms with Gasteiger partial charge in [-0.3, -0.25) is 9.63 Å². The second kappa shape index (κ2) is 6.52. The molecule has 2 N–H and O–H groups in total. The molecule has 1 amide bonds. The topological polar surface area (TPSA) is 58.6 Å². The summed E-state index contributed by atoms with van der Waals surface area (Å²) in [5.74, 6) is -0.279. The minimum absolute atomic E-state index is 0.0245. The van der Waals surface area contributed by atoms with E-state index in [0.29, 0.717) is 0 Å². The number of carbonyl (C=O) groups excluding carboxylic acids is 1. The lowest BCUT2D eigenvalue weighted by molar-refractivity contribution is -0.140. The zero-order valence-corrected chi connectivity index (χ0v) is 10.3. The largest absolute Gasteiger partial charge is 0.388 e. The second-order valence-electron chi connectivity index (χ2n) is 4.68. The Bertz CT molecular complexity index is 374. The van der Waals surface area contributed by atoms with Gasteiger partial charge in [0, 0.05) is 0 Å². The van der Waals surface area contributed by atoms with Crippen LogP contribution in [0.4, 0.5) is 0 Å². The van der Waals surface area contributed by atoms with Crippen LogP contribution in [0.2, 0.25) is 0 Å². The fourth-order valence-electron chi connectivity index (χ4n) is 2.17. The van der Waals surface area contributed by atoms with E-state index < -0.39 is 6.10 Å². The van der Waals surface area contributed by atoms with Crippen LogP contribution in [0.5, 0.6) is 0 Å². The van der Waals surface area contributed by atoms with Crippen LogP contribution in [-0.2, 0) is 9.63 Å². The maximum Gasteiger partial charge on any atom is 0.246 e. The van der Waals surface area contributed by atoms with E-state index in [4.69, 9.17) is 4.84 Å². The Morgan fingerprint density at radius 2 is 2.00 bits per heavy atom. The average Bonchev–Trinajstić information content (AvgIpc) is 2.90. The first kappa shape index (κ1) is 13.1. The number of hydrogen-bond acceptors (Lipinski definition) is 3. The summed E-state index contributed by atoms with van der Waals surface area (Å²) in [6, 6.07) is 9.15. The summed E-state index contributed by atoms with van der Waals surface area (Å²) in [4.78, 5) is 16.9. The molecule has 0 heterocycles. The van der Waals surface area contributed by atoms with Crippen molar-refractivity contribution in [2.45, 2.75) is 44.3 Å². The van der Waals surface area contributed by atoms with Crippen molar-refractivity contribution in [2.75, 3.05) is 0 Å². The lowest BCUT2D eigenvalue weighted by Crippen LogP contribution is -2.29. The third-order valence-electron chi connectivity index (χ3n) is 3.20. The van der Waals surface area contributed by atoms with E-state index in [-0.39, 0.29) is 18.4 Å². The summed E-state index contributed by atoms with van der Waals surface area (Å²) >= 11 is 0. The van der Waals surface area contributed by atoms with Crippen LogP contribution in [0.15, 0.2) is 30.3 Å². The molecule has 1 aliphatic rings. The number of benzene rings is 1. The second-order valence-corrected chi connectivity index (χ2v) is 4.68. The molecule has 2 rings (SSSR count). The average molecular weight is 249 g/mol. The Kier molecular flexibility index (Phi) is 4.73. The van der Waals surface area contributed by atoms with Crippen molar-refractivity contribution < 1.29 is 14.7 Å². The monoisotopic (exact) mass is 249 g/mol. The third-order valence-corrected chi connectivity index (χ3v) is 3.20. The summed E-state index contributed by atoms with van der Waals surface area (Å²) in [5, 5.41) is 9.87. The van der Waals surface area contributed by atoms with Gasteiger partial charge in [-0.2, -0.15) is 0 Å². The minimum Gasteiger partial charge on any atom is -0.388 e. The van der Waals surface area contributed by atoms with Crippen LogP contribution in [0.25, 0.3) is 0 Å². The molecule has 4 heteroatoms. The highest BCUT2D eigenvalue weighted by Gasteiger charge is 2.18. The molecule has 0 aromatic heterocycles. The van der Waals surface area contributed by atoms with Crippen LogP contribution < -0.4 is 5.48 Å². The van der Waals surface area contributed by atoms with E-state index in [0.717, 1.165) is 31.2 Å². The van der Waals surface area contributed by atoms with Gasteiger partial charge in [0.2, 0.25) is 5.91 Å². The van der Waals surface area contributed by atoms with Gasteiger partial charge in [0.1, 0.15) is 0 Å². The van der Waals surface area contributed by atoms with Crippen LogP contribution in [0.3, 0.4) is 0 Å². The maximum atomic E-state index is 11.6. The molecule has 0 saturated heterocycles. The molecule has 1 aromatic carbocycles. The normalized spacial score (nSPS) is 17.6. The molecular formula is C14H19NO3.